The van der Waals surface area contributed by atoms with E-state index in [1.165, 1.54) is 23.9 Å². The number of nitrogen functional groups attached to an aromatic ring is 1. The summed E-state index contributed by atoms with van der Waals surface area (Å²) in [4.78, 5) is 9.52. The molecule has 1 saturated carbocycles. The van der Waals surface area contributed by atoms with E-state index in [4.69, 9.17) is 5.73 Å². The van der Waals surface area contributed by atoms with E-state index in [2.05, 4.69) is 9.97 Å². The molecule has 0 spiro atoms. The normalized spacial score (nSPS) is 14.7. The molecule has 1 aromatic heterocycles. The van der Waals surface area contributed by atoms with Crippen LogP contribution in [0.4, 0.5) is 10.2 Å². The van der Waals surface area contributed by atoms with Crippen LogP contribution in [0.5, 0.6) is 0 Å². The van der Waals surface area contributed by atoms with Crippen molar-refractivity contribution in [3.63, 3.8) is 0 Å². The van der Waals surface area contributed by atoms with Gasteiger partial charge in [-0.1, -0.05) is 17.8 Å². The highest BCUT2D eigenvalue weighted by Crippen LogP contribution is 2.39. The average Bonchev–Trinajstić information content (AvgIpc) is 3.11. The van der Waals surface area contributed by atoms with Crippen LogP contribution in [0.25, 0.3) is 0 Å². The number of aromatic nitrogens is 2. The van der Waals surface area contributed by atoms with Crippen molar-refractivity contribution in [1.82, 2.24) is 9.97 Å². The molecule has 1 aliphatic carbocycles. The van der Waals surface area contributed by atoms with Crippen molar-refractivity contribution in [3.8, 4) is 0 Å². The number of hydrogen-bond donors (Lipinski definition) is 1. The minimum atomic E-state index is -0.246. The average molecular weight is 261 g/mol. The second-order valence-electron chi connectivity index (χ2n) is 4.32. The quantitative estimate of drug-likeness (QED) is 0.862. The lowest BCUT2D eigenvalue weighted by Gasteiger charge is -2.04. The van der Waals surface area contributed by atoms with Crippen molar-refractivity contribution < 1.29 is 4.39 Å². The molecule has 1 heterocycles. The largest absolute Gasteiger partial charge is 0.384 e. The Labute approximate surface area is 109 Å². The van der Waals surface area contributed by atoms with Gasteiger partial charge in [0.05, 0.1) is 0 Å². The summed E-state index contributed by atoms with van der Waals surface area (Å²) in [5.41, 5.74) is 5.77. The Kier molecular flexibility index (Phi) is 2.91. The van der Waals surface area contributed by atoms with Gasteiger partial charge in [0.15, 0.2) is 0 Å². The van der Waals surface area contributed by atoms with Crippen LogP contribution in [0, 0.1) is 5.82 Å². The Balaban J connectivity index is 1.87. The van der Waals surface area contributed by atoms with E-state index in [1.54, 1.807) is 12.1 Å². The molecule has 2 aromatic rings. The van der Waals surface area contributed by atoms with Gasteiger partial charge in [-0.3, -0.25) is 0 Å². The summed E-state index contributed by atoms with van der Waals surface area (Å²) >= 11 is 1.40. The van der Waals surface area contributed by atoms with Gasteiger partial charge in [-0.05, 0) is 31.0 Å². The highest BCUT2D eigenvalue weighted by Gasteiger charge is 2.27. The van der Waals surface area contributed by atoms with E-state index in [0.29, 0.717) is 11.7 Å². The van der Waals surface area contributed by atoms with Gasteiger partial charge in [-0.25, -0.2) is 14.4 Å². The predicted octanol–water partition coefficient (Wildman–Crippen LogP) is 3.23. The highest BCUT2D eigenvalue weighted by atomic mass is 32.2. The molecule has 1 aliphatic rings. The summed E-state index contributed by atoms with van der Waals surface area (Å²) < 4.78 is 13.1. The summed E-state index contributed by atoms with van der Waals surface area (Å²) in [6, 6.07) is 8.17. The number of benzene rings is 1. The molecule has 0 unspecified atom stereocenters. The SMILES string of the molecule is Nc1cc(Sc2cccc(F)c2)nc(C2CC2)n1. The van der Waals surface area contributed by atoms with Crippen molar-refractivity contribution in [2.45, 2.75) is 28.7 Å². The number of halogens is 1. The Morgan fingerprint density at radius 1 is 1.22 bits per heavy atom. The molecule has 2 N–H and O–H groups in total. The molecule has 0 saturated heterocycles. The van der Waals surface area contributed by atoms with Gasteiger partial charge >= 0.3 is 0 Å². The van der Waals surface area contributed by atoms with E-state index in [-0.39, 0.29) is 5.82 Å². The van der Waals surface area contributed by atoms with E-state index >= 15 is 0 Å². The Morgan fingerprint density at radius 3 is 2.78 bits per heavy atom. The summed E-state index contributed by atoms with van der Waals surface area (Å²) in [6.45, 7) is 0. The van der Waals surface area contributed by atoms with Gasteiger partial charge < -0.3 is 5.73 Å². The van der Waals surface area contributed by atoms with Crippen molar-refractivity contribution in [2.75, 3.05) is 5.73 Å². The van der Waals surface area contributed by atoms with Crippen LogP contribution in [-0.2, 0) is 0 Å². The molecule has 3 nitrogen and oxygen atoms in total. The van der Waals surface area contributed by atoms with Gasteiger partial charge in [0, 0.05) is 16.9 Å². The van der Waals surface area contributed by atoms with Crippen LogP contribution >= 0.6 is 11.8 Å². The van der Waals surface area contributed by atoms with Crippen molar-refractivity contribution in [2.24, 2.45) is 0 Å². The number of hydrogen-bond acceptors (Lipinski definition) is 4. The van der Waals surface area contributed by atoms with Gasteiger partial charge in [-0.2, -0.15) is 0 Å². The first-order chi connectivity index (χ1) is 8.70. The molecule has 1 aromatic carbocycles. The Bertz CT molecular complexity index is 584. The molecule has 0 aliphatic heterocycles. The minimum absolute atomic E-state index is 0.246. The summed E-state index contributed by atoms with van der Waals surface area (Å²) in [7, 11) is 0. The maximum atomic E-state index is 13.1. The van der Waals surface area contributed by atoms with Gasteiger partial charge in [-0.15, -0.1) is 0 Å². The Morgan fingerprint density at radius 2 is 2.06 bits per heavy atom. The summed E-state index contributed by atoms with van der Waals surface area (Å²) in [5.74, 6) is 1.50. The first-order valence-electron chi connectivity index (χ1n) is 5.78. The lowest BCUT2D eigenvalue weighted by atomic mass is 10.3. The lowest BCUT2D eigenvalue weighted by Crippen LogP contribution is -1.99. The fourth-order valence-electron chi connectivity index (χ4n) is 1.69. The smallest absolute Gasteiger partial charge is 0.135 e. The number of rotatable bonds is 3. The standard InChI is InChI=1S/C13H12FN3S/c14-9-2-1-3-10(6-9)18-12-7-11(15)16-13(17-12)8-4-5-8/h1-3,6-8H,4-5H2,(H2,15,16,17). The molecule has 0 atom stereocenters. The first kappa shape index (κ1) is 11.5. The van der Waals surface area contributed by atoms with Crippen molar-refractivity contribution in [3.05, 3.63) is 42.0 Å². The molecule has 0 amide bonds. The van der Waals surface area contributed by atoms with E-state index < -0.39 is 0 Å². The van der Waals surface area contributed by atoms with Crippen LogP contribution < -0.4 is 5.73 Å². The molecule has 18 heavy (non-hydrogen) atoms. The van der Waals surface area contributed by atoms with Crippen LogP contribution in [0.2, 0.25) is 0 Å². The topological polar surface area (TPSA) is 51.8 Å². The van der Waals surface area contributed by atoms with Crippen LogP contribution in [0.3, 0.4) is 0 Å². The summed E-state index contributed by atoms with van der Waals surface area (Å²) in [6.07, 6.45) is 2.26. The van der Waals surface area contributed by atoms with E-state index in [0.717, 1.165) is 28.6 Å². The maximum Gasteiger partial charge on any atom is 0.135 e. The van der Waals surface area contributed by atoms with E-state index in [9.17, 15) is 4.39 Å². The number of anilines is 1. The molecular formula is C13H12FN3S. The molecule has 0 bridgehead atoms. The predicted molar refractivity (Wildman–Crippen MR) is 68.9 cm³/mol. The minimum Gasteiger partial charge on any atom is -0.384 e. The monoisotopic (exact) mass is 261 g/mol. The molecule has 92 valence electrons. The van der Waals surface area contributed by atoms with Crippen molar-refractivity contribution >= 4 is 17.6 Å². The fourth-order valence-corrected chi connectivity index (χ4v) is 2.57. The van der Waals surface area contributed by atoms with Gasteiger partial charge in [0.1, 0.15) is 22.5 Å². The number of nitrogens with zero attached hydrogens (tertiary/aromatic N) is 2. The zero-order valence-corrected chi connectivity index (χ0v) is 10.5. The third-order valence-electron chi connectivity index (χ3n) is 2.70. The molecule has 3 rings (SSSR count). The maximum absolute atomic E-state index is 13.1. The van der Waals surface area contributed by atoms with Gasteiger partial charge in [0.2, 0.25) is 0 Å². The van der Waals surface area contributed by atoms with Crippen LogP contribution in [0.1, 0.15) is 24.6 Å². The second kappa shape index (κ2) is 4.57. The zero-order valence-electron chi connectivity index (χ0n) is 9.64. The molecule has 0 radical (unpaired) electrons. The zero-order chi connectivity index (χ0) is 12.5. The molecule has 1 fully saturated rings. The fraction of sp³-hybridized carbons (Fsp3) is 0.231. The number of nitrogens with two attached hydrogens (primary N) is 1. The van der Waals surface area contributed by atoms with Crippen LogP contribution in [0.15, 0.2) is 40.3 Å². The van der Waals surface area contributed by atoms with Crippen LogP contribution in [-0.4, -0.2) is 9.97 Å². The lowest BCUT2D eigenvalue weighted by molar-refractivity contribution is 0.624. The third-order valence-corrected chi connectivity index (χ3v) is 3.61. The van der Waals surface area contributed by atoms with Crippen molar-refractivity contribution in [1.29, 1.82) is 0 Å². The highest BCUT2D eigenvalue weighted by molar-refractivity contribution is 7.99. The molecule has 5 heteroatoms. The van der Waals surface area contributed by atoms with Gasteiger partial charge in [0.25, 0.3) is 0 Å². The molecular weight excluding hydrogens is 249 g/mol. The Hall–Kier alpha value is -1.62. The first-order valence-corrected chi connectivity index (χ1v) is 6.60. The summed E-state index contributed by atoms with van der Waals surface area (Å²) in [5, 5.41) is 0.773. The third kappa shape index (κ3) is 2.61. The van der Waals surface area contributed by atoms with E-state index in [1.807, 2.05) is 6.07 Å². The second-order valence-corrected chi connectivity index (χ2v) is 5.42.